The van der Waals surface area contributed by atoms with Gasteiger partial charge in [-0.2, -0.15) is 0 Å². The number of carbonyl (C=O) groups excluding carboxylic acids is 1. The first kappa shape index (κ1) is 14.9. The highest BCUT2D eigenvalue weighted by molar-refractivity contribution is 5.96. The van der Waals surface area contributed by atoms with Gasteiger partial charge < -0.3 is 10.6 Å². The Balaban J connectivity index is 2.37. The van der Waals surface area contributed by atoms with E-state index in [2.05, 4.69) is 19.0 Å². The van der Waals surface area contributed by atoms with Crippen molar-refractivity contribution in [3.63, 3.8) is 0 Å². The van der Waals surface area contributed by atoms with Crippen LogP contribution >= 0.6 is 0 Å². The van der Waals surface area contributed by atoms with Crippen LogP contribution in [0, 0.1) is 0 Å². The number of benzene rings is 1. The van der Waals surface area contributed by atoms with Crippen LogP contribution in [-0.2, 0) is 6.42 Å². The molecule has 0 saturated carbocycles. The smallest absolute Gasteiger partial charge is 0.162 e. The average molecular weight is 248 g/mol. The Morgan fingerprint density at radius 2 is 1.83 bits per heavy atom. The second-order valence-electron chi connectivity index (χ2n) is 4.92. The second-order valence-corrected chi connectivity index (χ2v) is 4.92. The highest BCUT2D eigenvalue weighted by Crippen LogP contribution is 2.09. The summed E-state index contributed by atoms with van der Waals surface area (Å²) in [4.78, 5) is 14.1. The van der Waals surface area contributed by atoms with Gasteiger partial charge in [-0.05, 0) is 52.0 Å². The molecule has 0 radical (unpaired) electrons. The molecule has 0 fully saturated rings. The topological polar surface area (TPSA) is 46.3 Å². The molecule has 1 aromatic rings. The minimum absolute atomic E-state index is 0.244. The Hall–Kier alpha value is -1.19. The Bertz CT molecular complexity index is 357. The van der Waals surface area contributed by atoms with Gasteiger partial charge in [-0.1, -0.05) is 24.3 Å². The predicted molar refractivity (Wildman–Crippen MR) is 75.9 cm³/mol. The van der Waals surface area contributed by atoms with Crippen molar-refractivity contribution in [3.05, 3.63) is 35.4 Å². The summed E-state index contributed by atoms with van der Waals surface area (Å²) in [6, 6.07) is 7.83. The van der Waals surface area contributed by atoms with Crippen LogP contribution in [0.5, 0.6) is 0 Å². The second kappa shape index (κ2) is 8.01. The van der Waals surface area contributed by atoms with Gasteiger partial charge in [0.1, 0.15) is 0 Å². The highest BCUT2D eigenvalue weighted by atomic mass is 16.1. The lowest BCUT2D eigenvalue weighted by Crippen LogP contribution is -2.13. The molecule has 0 saturated heterocycles. The molecule has 0 aromatic heterocycles. The maximum atomic E-state index is 11.9. The van der Waals surface area contributed by atoms with Crippen LogP contribution in [0.3, 0.4) is 0 Å². The predicted octanol–water partition coefficient (Wildman–Crippen LogP) is 2.10. The van der Waals surface area contributed by atoms with Gasteiger partial charge in [0, 0.05) is 12.0 Å². The molecule has 0 unspecified atom stereocenters. The minimum Gasteiger partial charge on any atom is -0.330 e. The molecule has 18 heavy (non-hydrogen) atoms. The zero-order valence-corrected chi connectivity index (χ0v) is 11.5. The number of Topliss-reactive ketones (excluding diaryl/α,β-unsaturated/α-hetero) is 1. The lowest BCUT2D eigenvalue weighted by atomic mass is 10.0. The summed E-state index contributed by atoms with van der Waals surface area (Å²) in [6.07, 6.45) is 3.55. The van der Waals surface area contributed by atoms with E-state index in [0.29, 0.717) is 13.0 Å². The van der Waals surface area contributed by atoms with Crippen LogP contribution in [0.2, 0.25) is 0 Å². The van der Waals surface area contributed by atoms with E-state index in [1.165, 1.54) is 5.56 Å². The zero-order valence-electron chi connectivity index (χ0n) is 11.5. The number of unbranched alkanes of at least 4 members (excludes halogenated alkanes) is 1. The average Bonchev–Trinajstić information content (AvgIpc) is 2.35. The van der Waals surface area contributed by atoms with Crippen molar-refractivity contribution in [2.24, 2.45) is 5.73 Å². The van der Waals surface area contributed by atoms with E-state index in [9.17, 15) is 4.79 Å². The van der Waals surface area contributed by atoms with Gasteiger partial charge in [-0.3, -0.25) is 4.79 Å². The lowest BCUT2D eigenvalue weighted by molar-refractivity contribution is 0.0978. The molecule has 0 heterocycles. The van der Waals surface area contributed by atoms with Crippen LogP contribution in [0.15, 0.2) is 24.3 Å². The van der Waals surface area contributed by atoms with Crippen molar-refractivity contribution in [2.75, 3.05) is 27.2 Å². The van der Waals surface area contributed by atoms with E-state index in [-0.39, 0.29) is 5.78 Å². The molecule has 0 bridgehead atoms. The molecule has 2 N–H and O–H groups in total. The lowest BCUT2D eigenvalue weighted by Gasteiger charge is -2.08. The van der Waals surface area contributed by atoms with E-state index < -0.39 is 0 Å². The standard InChI is InChI=1S/C15H24N2O/c1-17(2)12-4-3-5-15(18)14-8-6-13(7-9-14)10-11-16/h6-9H,3-5,10-12,16H2,1-2H3. The first-order chi connectivity index (χ1) is 8.63. The fourth-order valence-corrected chi connectivity index (χ4v) is 1.88. The largest absolute Gasteiger partial charge is 0.330 e. The first-order valence-corrected chi connectivity index (χ1v) is 6.60. The Morgan fingerprint density at radius 3 is 2.39 bits per heavy atom. The van der Waals surface area contributed by atoms with Gasteiger partial charge >= 0.3 is 0 Å². The van der Waals surface area contributed by atoms with Gasteiger partial charge in [0.05, 0.1) is 0 Å². The number of hydrogen-bond acceptors (Lipinski definition) is 3. The Morgan fingerprint density at radius 1 is 1.17 bits per heavy atom. The molecular weight excluding hydrogens is 224 g/mol. The first-order valence-electron chi connectivity index (χ1n) is 6.60. The molecule has 0 aliphatic heterocycles. The molecule has 100 valence electrons. The van der Waals surface area contributed by atoms with E-state index in [1.54, 1.807) is 0 Å². The summed E-state index contributed by atoms with van der Waals surface area (Å²) in [7, 11) is 4.11. The fraction of sp³-hybridized carbons (Fsp3) is 0.533. The number of ketones is 1. The van der Waals surface area contributed by atoms with E-state index in [1.807, 2.05) is 24.3 Å². The third-order valence-corrected chi connectivity index (χ3v) is 2.97. The van der Waals surface area contributed by atoms with Gasteiger partial charge in [-0.25, -0.2) is 0 Å². The van der Waals surface area contributed by atoms with Crippen LogP contribution < -0.4 is 5.73 Å². The van der Waals surface area contributed by atoms with Gasteiger partial charge in [-0.15, -0.1) is 0 Å². The van der Waals surface area contributed by atoms with E-state index in [0.717, 1.165) is 31.4 Å². The van der Waals surface area contributed by atoms with Crippen molar-refractivity contribution in [2.45, 2.75) is 25.7 Å². The number of carbonyl (C=O) groups is 1. The third kappa shape index (κ3) is 5.43. The van der Waals surface area contributed by atoms with Crippen molar-refractivity contribution >= 4 is 5.78 Å². The molecule has 3 nitrogen and oxygen atoms in total. The van der Waals surface area contributed by atoms with Gasteiger partial charge in [0.2, 0.25) is 0 Å². The SMILES string of the molecule is CN(C)CCCCC(=O)c1ccc(CCN)cc1. The molecule has 0 aliphatic carbocycles. The molecule has 1 rings (SSSR count). The molecule has 3 heteroatoms. The van der Waals surface area contributed by atoms with E-state index in [4.69, 9.17) is 5.73 Å². The summed E-state index contributed by atoms with van der Waals surface area (Å²) in [5, 5.41) is 0. The third-order valence-electron chi connectivity index (χ3n) is 2.97. The summed E-state index contributed by atoms with van der Waals surface area (Å²) in [6.45, 7) is 1.69. The minimum atomic E-state index is 0.244. The summed E-state index contributed by atoms with van der Waals surface area (Å²) in [5.41, 5.74) is 7.51. The number of rotatable bonds is 8. The summed E-state index contributed by atoms with van der Waals surface area (Å²) >= 11 is 0. The molecule has 0 atom stereocenters. The molecule has 0 spiro atoms. The van der Waals surface area contributed by atoms with Gasteiger partial charge in [0.15, 0.2) is 5.78 Å². The molecular formula is C15H24N2O. The normalized spacial score (nSPS) is 10.9. The molecule has 0 aliphatic rings. The highest BCUT2D eigenvalue weighted by Gasteiger charge is 2.05. The Kier molecular flexibility index (Phi) is 6.61. The monoisotopic (exact) mass is 248 g/mol. The maximum absolute atomic E-state index is 11.9. The summed E-state index contributed by atoms with van der Waals surface area (Å²) in [5.74, 6) is 0.244. The summed E-state index contributed by atoms with van der Waals surface area (Å²) < 4.78 is 0. The molecule has 0 amide bonds. The van der Waals surface area contributed by atoms with Gasteiger partial charge in [0.25, 0.3) is 0 Å². The van der Waals surface area contributed by atoms with Crippen molar-refractivity contribution in [1.29, 1.82) is 0 Å². The van der Waals surface area contributed by atoms with Crippen LogP contribution in [0.1, 0.15) is 35.2 Å². The quantitative estimate of drug-likeness (QED) is 0.566. The number of nitrogens with two attached hydrogens (primary N) is 1. The van der Waals surface area contributed by atoms with Crippen molar-refractivity contribution in [1.82, 2.24) is 4.90 Å². The number of nitrogens with zero attached hydrogens (tertiary/aromatic N) is 1. The van der Waals surface area contributed by atoms with Crippen LogP contribution in [0.25, 0.3) is 0 Å². The van der Waals surface area contributed by atoms with Crippen molar-refractivity contribution in [3.8, 4) is 0 Å². The van der Waals surface area contributed by atoms with Crippen LogP contribution in [0.4, 0.5) is 0 Å². The zero-order chi connectivity index (χ0) is 13.4. The fourth-order valence-electron chi connectivity index (χ4n) is 1.88. The maximum Gasteiger partial charge on any atom is 0.162 e. The van der Waals surface area contributed by atoms with Crippen LogP contribution in [-0.4, -0.2) is 37.9 Å². The van der Waals surface area contributed by atoms with Crippen molar-refractivity contribution < 1.29 is 4.79 Å². The number of hydrogen-bond donors (Lipinski definition) is 1. The Labute approximate surface area is 110 Å². The van der Waals surface area contributed by atoms with E-state index >= 15 is 0 Å². The molecule has 1 aromatic carbocycles.